The number of hydrogen-bond acceptors (Lipinski definition) is 1. The first kappa shape index (κ1) is 26.3. The van der Waals surface area contributed by atoms with Crippen LogP contribution in [0.25, 0.3) is 0 Å². The van der Waals surface area contributed by atoms with Gasteiger partial charge in [-0.2, -0.15) is 0 Å². The molecule has 0 spiro atoms. The molecule has 0 bridgehead atoms. The molecule has 0 aliphatic rings. The minimum Gasteiger partial charge on any atom is -2.00 e. The van der Waals surface area contributed by atoms with Crippen molar-refractivity contribution in [3.05, 3.63) is 17.0 Å². The van der Waals surface area contributed by atoms with Gasteiger partial charge in [0.05, 0.1) is 0 Å². The van der Waals surface area contributed by atoms with Crippen molar-refractivity contribution in [1.29, 1.82) is 0 Å². The van der Waals surface area contributed by atoms with E-state index in [0.29, 0.717) is 0 Å². The van der Waals surface area contributed by atoms with Crippen molar-refractivity contribution in [1.82, 2.24) is 10.2 Å². The van der Waals surface area contributed by atoms with E-state index in [-0.39, 0.29) is 47.7 Å². The molecule has 1 rings (SSSR count). The van der Waals surface area contributed by atoms with Gasteiger partial charge in [-0.3, -0.25) is 0 Å². The molecule has 5 nitrogen and oxygen atoms in total. The first-order chi connectivity index (χ1) is 6.14. The van der Waals surface area contributed by atoms with E-state index >= 15 is 0 Å². The van der Waals surface area contributed by atoms with E-state index in [1.54, 1.807) is 0 Å². The second-order valence-corrected chi connectivity index (χ2v) is 6.02. The molecule has 0 unspecified atom stereocenters. The van der Waals surface area contributed by atoms with Gasteiger partial charge >= 0.3 is 0 Å². The molecule has 0 fully saturated rings. The van der Waals surface area contributed by atoms with Crippen LogP contribution in [0.1, 0.15) is 58.5 Å². The molecule has 111 valence electrons. The van der Waals surface area contributed by atoms with Gasteiger partial charge in [-0.1, -0.05) is 41.5 Å². The van der Waals surface area contributed by atoms with Gasteiger partial charge in [-0.15, -0.1) is 5.69 Å². The Labute approximate surface area is 123 Å². The number of nitrogens with zero attached hydrogens (tertiary/aromatic N) is 2. The Morgan fingerprint density at radius 3 is 1.39 bits per heavy atom. The Hall–Kier alpha value is -0.248. The summed E-state index contributed by atoms with van der Waals surface area (Å²) in [6.45, 7) is 15.2. The second-order valence-electron chi connectivity index (χ2n) is 6.02. The van der Waals surface area contributed by atoms with Crippen LogP contribution < -0.4 is 5.10 Å². The molecule has 1 aromatic heterocycles. The summed E-state index contributed by atoms with van der Waals surface area (Å²) >= 11 is 0. The molecule has 0 saturated carbocycles. The monoisotopic (exact) mass is 428 g/mol. The average Bonchev–Trinajstić information content (AvgIpc) is 2.26. The van der Waals surface area contributed by atoms with Gasteiger partial charge in [0.2, 0.25) is 0 Å². The molecule has 0 atom stereocenters. The minimum absolute atomic E-state index is 0. The predicted octanol–water partition coefficient (Wildman–Crippen LogP) is 2.58. The van der Waals surface area contributed by atoms with Crippen LogP contribution in [0, 0.1) is 6.92 Å². The first-order valence-corrected chi connectivity index (χ1v) is 5.15. The molecule has 1 radical (unpaired) electrons. The van der Waals surface area contributed by atoms with Crippen LogP contribution in [0.5, 0.6) is 0 Å². The summed E-state index contributed by atoms with van der Waals surface area (Å²) < 4.78 is 0. The molecule has 1 heterocycles. The van der Waals surface area contributed by atoms with E-state index in [9.17, 15) is 0 Å². The van der Waals surface area contributed by atoms with Crippen LogP contribution in [0.2, 0.25) is 0 Å². The van der Waals surface area contributed by atoms with Gasteiger partial charge in [0, 0.05) is 31.5 Å². The third kappa shape index (κ3) is 5.60. The summed E-state index contributed by atoms with van der Waals surface area (Å²) in [5.74, 6) is 0. The Bertz CT molecular complexity index is 307. The van der Waals surface area contributed by atoms with Gasteiger partial charge in [-0.25, -0.2) is 0 Å². The van der Waals surface area contributed by atoms with Crippen molar-refractivity contribution in [2.45, 2.75) is 59.3 Å². The van der Waals surface area contributed by atoms with Crippen molar-refractivity contribution in [3.63, 3.8) is 0 Å². The van der Waals surface area contributed by atoms with E-state index < -0.39 is 0 Å². The zero-order chi connectivity index (χ0) is 11.1. The van der Waals surface area contributed by atoms with E-state index in [1.165, 1.54) is 5.56 Å². The zero-order valence-electron chi connectivity index (χ0n) is 12.0. The molecule has 0 saturated heterocycles. The Morgan fingerprint density at radius 2 is 1.22 bits per heavy atom. The third-order valence-electron chi connectivity index (χ3n) is 2.38. The fourth-order valence-corrected chi connectivity index (χ4v) is 1.79. The molecular weight excluding hydrogens is 406 g/mol. The number of aromatic nitrogens is 2. The standard InChI is InChI=1S/C12H21N2.3O.Re/c1-8-9(11(2,3)4)13-14-10(8)12(5,6)7;;;;/h1-7H3;;;;/q-1;3*-2;. The fraction of sp³-hybridized carbons (Fsp3) is 0.750. The van der Waals surface area contributed by atoms with Crippen LogP contribution in [-0.4, -0.2) is 5.10 Å². The average molecular weight is 428 g/mol. The summed E-state index contributed by atoms with van der Waals surface area (Å²) in [5.41, 5.74) is 3.70. The molecule has 1 aromatic rings. The second kappa shape index (κ2) is 8.03. The Kier molecular flexibility index (Phi) is 11.8. The summed E-state index contributed by atoms with van der Waals surface area (Å²) in [5, 5.41) is 8.61. The van der Waals surface area contributed by atoms with E-state index in [1.807, 2.05) is 0 Å². The smallest absolute Gasteiger partial charge is 0.0247 e. The van der Waals surface area contributed by atoms with Crippen LogP contribution in [0.15, 0.2) is 0 Å². The molecule has 6 heteroatoms. The minimum atomic E-state index is 0. The van der Waals surface area contributed by atoms with Crippen molar-refractivity contribution >= 4 is 0 Å². The molecule has 0 aliphatic carbocycles. The fourth-order valence-electron chi connectivity index (χ4n) is 1.79. The largest absolute Gasteiger partial charge is 2.00 e. The summed E-state index contributed by atoms with van der Waals surface area (Å²) in [6, 6.07) is 0. The van der Waals surface area contributed by atoms with Crippen LogP contribution in [0.4, 0.5) is 0 Å². The Balaban J connectivity index is -0.000000245. The number of hydrogen-bond donors (Lipinski definition) is 0. The Morgan fingerprint density at radius 1 is 0.833 bits per heavy atom. The maximum Gasteiger partial charge on any atom is 0.0247 e. The van der Waals surface area contributed by atoms with Gasteiger partial charge in [0.1, 0.15) is 0 Å². The van der Waals surface area contributed by atoms with Crippen molar-refractivity contribution in [3.8, 4) is 0 Å². The van der Waals surface area contributed by atoms with E-state index in [0.717, 1.165) is 11.4 Å². The van der Waals surface area contributed by atoms with E-state index in [2.05, 4.69) is 58.7 Å². The molecule has 0 amide bonds. The summed E-state index contributed by atoms with van der Waals surface area (Å²) in [4.78, 5) is 0. The van der Waals surface area contributed by atoms with Crippen molar-refractivity contribution in [2.24, 2.45) is 0 Å². The summed E-state index contributed by atoms with van der Waals surface area (Å²) in [6.07, 6.45) is 0. The molecular formula is C12H21N2O3Re-7. The predicted molar refractivity (Wildman–Crippen MR) is 61.8 cm³/mol. The van der Waals surface area contributed by atoms with Crippen molar-refractivity contribution < 1.29 is 36.9 Å². The topological polar surface area (TPSA) is 112 Å². The van der Waals surface area contributed by atoms with Crippen molar-refractivity contribution in [2.75, 3.05) is 0 Å². The van der Waals surface area contributed by atoms with Gasteiger partial charge < -0.3 is 26.6 Å². The van der Waals surface area contributed by atoms with Crippen LogP contribution >= 0.6 is 0 Å². The maximum atomic E-state index is 4.30. The number of rotatable bonds is 0. The van der Waals surface area contributed by atoms with Gasteiger partial charge in [0.15, 0.2) is 0 Å². The van der Waals surface area contributed by atoms with Crippen LogP contribution in [-0.2, 0) is 47.7 Å². The maximum absolute atomic E-state index is 4.30. The molecule has 18 heavy (non-hydrogen) atoms. The summed E-state index contributed by atoms with van der Waals surface area (Å²) in [7, 11) is 0. The normalized spacial score (nSPS) is 10.4. The molecule has 0 N–H and O–H groups in total. The molecule has 0 aromatic carbocycles. The first-order valence-electron chi connectivity index (χ1n) is 5.15. The van der Waals surface area contributed by atoms with E-state index in [4.69, 9.17) is 0 Å². The molecule has 0 aliphatic heterocycles. The zero-order valence-corrected chi connectivity index (χ0v) is 14.7. The third-order valence-corrected chi connectivity index (χ3v) is 2.38. The van der Waals surface area contributed by atoms with Gasteiger partial charge in [-0.05, 0) is 17.9 Å². The van der Waals surface area contributed by atoms with Gasteiger partial charge in [0.25, 0.3) is 0 Å². The SMILES string of the molecule is Cc1c(C(C)(C)C)n[n-]c1C(C)(C)C.[O-2].[O-2].[O-2].[Re]. The quantitative estimate of drug-likeness (QED) is 0.633. The van der Waals surface area contributed by atoms with Crippen LogP contribution in [0.3, 0.4) is 0 Å².